The topological polar surface area (TPSA) is 46.5 Å². The van der Waals surface area contributed by atoms with Crippen LogP contribution in [0.15, 0.2) is 24.3 Å². The summed E-state index contributed by atoms with van der Waals surface area (Å²) in [5.41, 5.74) is 1.05. The molecular formula is C10H12O3. The summed E-state index contributed by atoms with van der Waals surface area (Å²) in [5.74, 6) is -0.364. The van der Waals surface area contributed by atoms with Gasteiger partial charge < -0.3 is 9.84 Å². The Balaban J connectivity index is 2.69. The van der Waals surface area contributed by atoms with Crippen molar-refractivity contribution in [1.82, 2.24) is 0 Å². The fourth-order valence-corrected chi connectivity index (χ4v) is 0.943. The Morgan fingerprint density at radius 2 is 2.23 bits per heavy atom. The van der Waals surface area contributed by atoms with Crippen LogP contribution in [0.2, 0.25) is 0 Å². The number of benzene rings is 1. The van der Waals surface area contributed by atoms with E-state index in [0.717, 1.165) is 5.56 Å². The van der Waals surface area contributed by atoms with Crippen LogP contribution >= 0.6 is 0 Å². The van der Waals surface area contributed by atoms with Crippen molar-refractivity contribution in [2.75, 3.05) is 0 Å². The normalized spacial score (nSPS) is 12.2. The largest absolute Gasteiger partial charge is 0.479 e. The van der Waals surface area contributed by atoms with E-state index in [2.05, 4.69) is 0 Å². The number of aryl methyl sites for hydroxylation is 1. The second kappa shape index (κ2) is 3.94. The Labute approximate surface area is 77.0 Å². The maximum absolute atomic E-state index is 10.5. The molecule has 1 aromatic carbocycles. The summed E-state index contributed by atoms with van der Waals surface area (Å²) < 4.78 is 5.16. The third kappa shape index (κ3) is 2.78. The van der Waals surface area contributed by atoms with Gasteiger partial charge in [0.1, 0.15) is 5.75 Å². The molecule has 13 heavy (non-hydrogen) atoms. The Bertz CT molecular complexity index is 307. The van der Waals surface area contributed by atoms with Crippen LogP contribution in [0.1, 0.15) is 12.5 Å². The molecule has 1 N–H and O–H groups in total. The number of ether oxygens (including phenoxy) is 1. The predicted molar refractivity (Wildman–Crippen MR) is 48.9 cm³/mol. The van der Waals surface area contributed by atoms with Gasteiger partial charge in [-0.3, -0.25) is 0 Å². The first-order valence-corrected chi connectivity index (χ1v) is 4.05. The summed E-state index contributed by atoms with van der Waals surface area (Å²) in [6.45, 7) is 3.43. The fourth-order valence-electron chi connectivity index (χ4n) is 0.943. The van der Waals surface area contributed by atoms with E-state index >= 15 is 0 Å². The summed E-state index contributed by atoms with van der Waals surface area (Å²) in [6, 6.07) is 7.31. The van der Waals surface area contributed by atoms with E-state index in [1.165, 1.54) is 6.92 Å². The van der Waals surface area contributed by atoms with E-state index < -0.39 is 12.1 Å². The lowest BCUT2D eigenvalue weighted by atomic mass is 10.2. The zero-order chi connectivity index (χ0) is 9.84. The van der Waals surface area contributed by atoms with Gasteiger partial charge >= 0.3 is 5.97 Å². The molecular weight excluding hydrogens is 168 g/mol. The first-order valence-electron chi connectivity index (χ1n) is 4.05. The predicted octanol–water partition coefficient (Wildman–Crippen LogP) is 1.85. The maximum Gasteiger partial charge on any atom is 0.344 e. The molecule has 1 atom stereocenters. The van der Waals surface area contributed by atoms with Crippen LogP contribution in [-0.2, 0) is 4.79 Å². The highest BCUT2D eigenvalue weighted by atomic mass is 16.5. The maximum atomic E-state index is 10.5. The van der Waals surface area contributed by atoms with Gasteiger partial charge in [-0.15, -0.1) is 0 Å². The summed E-state index contributed by atoms with van der Waals surface area (Å²) in [4.78, 5) is 10.5. The molecule has 1 aromatic rings. The summed E-state index contributed by atoms with van der Waals surface area (Å²) in [7, 11) is 0. The average molecular weight is 180 g/mol. The minimum Gasteiger partial charge on any atom is -0.479 e. The molecule has 0 aromatic heterocycles. The molecule has 3 heteroatoms. The van der Waals surface area contributed by atoms with E-state index in [4.69, 9.17) is 9.84 Å². The number of carboxylic acid groups (broad SMARTS) is 1. The zero-order valence-corrected chi connectivity index (χ0v) is 7.65. The first-order chi connectivity index (χ1) is 6.09. The van der Waals surface area contributed by atoms with Crippen molar-refractivity contribution in [3.05, 3.63) is 29.8 Å². The van der Waals surface area contributed by atoms with Gasteiger partial charge in [0.25, 0.3) is 0 Å². The van der Waals surface area contributed by atoms with Gasteiger partial charge in [0.2, 0.25) is 0 Å². The molecule has 0 saturated heterocycles. The van der Waals surface area contributed by atoms with Crippen molar-refractivity contribution in [3.8, 4) is 5.75 Å². The van der Waals surface area contributed by atoms with Crippen molar-refractivity contribution in [1.29, 1.82) is 0 Å². The Morgan fingerprint density at radius 3 is 2.77 bits per heavy atom. The lowest BCUT2D eigenvalue weighted by Crippen LogP contribution is -2.22. The summed E-state index contributed by atoms with van der Waals surface area (Å²) >= 11 is 0. The number of carbonyl (C=O) groups is 1. The first kappa shape index (κ1) is 9.58. The quantitative estimate of drug-likeness (QED) is 0.772. The number of aliphatic carboxylic acids is 1. The second-order valence-corrected chi connectivity index (χ2v) is 2.91. The SMILES string of the molecule is Cc1cccc(O[C@@H](C)C(=O)O)c1. The summed E-state index contributed by atoms with van der Waals surface area (Å²) in [5, 5.41) is 8.59. The summed E-state index contributed by atoms with van der Waals surface area (Å²) in [6.07, 6.45) is -0.804. The minimum absolute atomic E-state index is 0.593. The lowest BCUT2D eigenvalue weighted by molar-refractivity contribution is -0.144. The molecule has 0 amide bonds. The number of hydrogen-bond acceptors (Lipinski definition) is 2. The highest BCUT2D eigenvalue weighted by Gasteiger charge is 2.11. The zero-order valence-electron chi connectivity index (χ0n) is 7.65. The molecule has 0 spiro atoms. The van der Waals surface area contributed by atoms with Gasteiger partial charge in [-0.2, -0.15) is 0 Å². The van der Waals surface area contributed by atoms with Gasteiger partial charge in [0, 0.05) is 0 Å². The average Bonchev–Trinajstić information content (AvgIpc) is 2.04. The van der Waals surface area contributed by atoms with Gasteiger partial charge in [0.15, 0.2) is 6.10 Å². The molecule has 0 aliphatic rings. The number of carboxylic acids is 1. The Morgan fingerprint density at radius 1 is 1.54 bits per heavy atom. The monoisotopic (exact) mass is 180 g/mol. The van der Waals surface area contributed by atoms with Crippen molar-refractivity contribution in [2.24, 2.45) is 0 Å². The lowest BCUT2D eigenvalue weighted by Gasteiger charge is -2.10. The molecule has 1 rings (SSSR count). The molecule has 0 saturated carbocycles. The van der Waals surface area contributed by atoms with Crippen LogP contribution in [0.4, 0.5) is 0 Å². The van der Waals surface area contributed by atoms with E-state index in [9.17, 15) is 4.79 Å². The van der Waals surface area contributed by atoms with Crippen molar-refractivity contribution < 1.29 is 14.6 Å². The van der Waals surface area contributed by atoms with Crippen LogP contribution in [0.3, 0.4) is 0 Å². The van der Waals surface area contributed by atoms with E-state index in [1.54, 1.807) is 12.1 Å². The van der Waals surface area contributed by atoms with E-state index in [0.29, 0.717) is 5.75 Å². The molecule has 0 aliphatic carbocycles. The Kier molecular flexibility index (Phi) is 2.90. The third-order valence-corrected chi connectivity index (χ3v) is 1.65. The standard InChI is InChI=1S/C10H12O3/c1-7-4-3-5-9(6-7)13-8(2)10(11)12/h3-6,8H,1-2H3,(H,11,12)/t8-/m0/s1. The Hall–Kier alpha value is -1.51. The molecule has 0 aliphatic heterocycles. The molecule has 0 fully saturated rings. The smallest absolute Gasteiger partial charge is 0.344 e. The van der Waals surface area contributed by atoms with Crippen molar-refractivity contribution in [2.45, 2.75) is 20.0 Å². The van der Waals surface area contributed by atoms with E-state index in [1.807, 2.05) is 19.1 Å². The van der Waals surface area contributed by atoms with Crippen LogP contribution in [0, 0.1) is 6.92 Å². The van der Waals surface area contributed by atoms with Crippen LogP contribution in [-0.4, -0.2) is 17.2 Å². The van der Waals surface area contributed by atoms with Crippen LogP contribution in [0.25, 0.3) is 0 Å². The molecule has 0 unspecified atom stereocenters. The molecule has 3 nitrogen and oxygen atoms in total. The van der Waals surface area contributed by atoms with Crippen molar-refractivity contribution in [3.63, 3.8) is 0 Å². The van der Waals surface area contributed by atoms with E-state index in [-0.39, 0.29) is 0 Å². The molecule has 0 bridgehead atoms. The molecule has 70 valence electrons. The van der Waals surface area contributed by atoms with Gasteiger partial charge in [-0.05, 0) is 31.5 Å². The molecule has 0 heterocycles. The van der Waals surface area contributed by atoms with Crippen LogP contribution in [0.5, 0.6) is 5.75 Å². The van der Waals surface area contributed by atoms with Gasteiger partial charge in [0.05, 0.1) is 0 Å². The fraction of sp³-hybridized carbons (Fsp3) is 0.300. The highest BCUT2D eigenvalue weighted by molar-refractivity contribution is 5.72. The second-order valence-electron chi connectivity index (χ2n) is 2.91. The molecule has 0 radical (unpaired) electrons. The number of rotatable bonds is 3. The number of hydrogen-bond donors (Lipinski definition) is 1. The highest BCUT2D eigenvalue weighted by Crippen LogP contribution is 2.13. The van der Waals surface area contributed by atoms with Crippen molar-refractivity contribution >= 4 is 5.97 Å². The van der Waals surface area contributed by atoms with Gasteiger partial charge in [-0.1, -0.05) is 12.1 Å². The minimum atomic E-state index is -0.957. The van der Waals surface area contributed by atoms with Gasteiger partial charge in [-0.25, -0.2) is 4.79 Å². The third-order valence-electron chi connectivity index (χ3n) is 1.65. The van der Waals surface area contributed by atoms with Crippen LogP contribution < -0.4 is 4.74 Å².